The highest BCUT2D eigenvalue weighted by Crippen LogP contribution is 2.29. The number of hydrogen-bond donors (Lipinski definition) is 0. The Kier molecular flexibility index (Phi) is 4.68. The molecule has 2 heterocycles. The van der Waals surface area contributed by atoms with Gasteiger partial charge in [0.15, 0.2) is 0 Å². The Morgan fingerprint density at radius 1 is 1.07 bits per heavy atom. The van der Waals surface area contributed by atoms with Crippen molar-refractivity contribution in [1.29, 1.82) is 0 Å². The molecule has 0 spiro atoms. The van der Waals surface area contributed by atoms with Crippen molar-refractivity contribution < 1.29 is 18.0 Å². The quantitative estimate of drug-likeness (QED) is 0.659. The lowest BCUT2D eigenvalue weighted by atomic mass is 10.0. The van der Waals surface area contributed by atoms with E-state index in [1.807, 2.05) is 36.4 Å². The molecule has 1 aliphatic heterocycles. The third-order valence-electron chi connectivity index (χ3n) is 5.37. The van der Waals surface area contributed by atoms with Gasteiger partial charge in [0.05, 0.1) is 6.04 Å². The topological polar surface area (TPSA) is 60.1 Å². The van der Waals surface area contributed by atoms with E-state index in [1.165, 1.54) is 0 Å². The second kappa shape index (κ2) is 7.06. The van der Waals surface area contributed by atoms with E-state index in [0.717, 1.165) is 22.5 Å². The smallest absolute Gasteiger partial charge is 0.338 e. The molecule has 0 atom stereocenters. The van der Waals surface area contributed by atoms with Gasteiger partial charge in [-0.15, -0.1) is 5.10 Å². The van der Waals surface area contributed by atoms with Crippen molar-refractivity contribution in [2.75, 3.05) is 13.1 Å². The van der Waals surface area contributed by atoms with Crippen LogP contribution in [0, 0.1) is 0 Å². The third kappa shape index (κ3) is 3.41. The molecule has 0 bridgehead atoms. The van der Waals surface area contributed by atoms with Crippen LogP contribution < -0.4 is 5.69 Å². The Morgan fingerprint density at radius 3 is 2.38 bits per heavy atom. The van der Waals surface area contributed by atoms with Crippen LogP contribution in [0.4, 0.5) is 13.2 Å². The van der Waals surface area contributed by atoms with Crippen molar-refractivity contribution in [2.45, 2.75) is 25.1 Å². The molecule has 0 N–H and O–H groups in total. The largest absolute Gasteiger partial charge is 0.451 e. The maximum atomic E-state index is 13.0. The molecule has 1 saturated heterocycles. The molecule has 0 radical (unpaired) electrons. The third-order valence-corrected chi connectivity index (χ3v) is 5.37. The van der Waals surface area contributed by atoms with Crippen molar-refractivity contribution >= 4 is 16.7 Å². The van der Waals surface area contributed by atoms with Crippen LogP contribution >= 0.6 is 0 Å². The van der Waals surface area contributed by atoms with Gasteiger partial charge in [-0.2, -0.15) is 13.2 Å². The van der Waals surface area contributed by atoms with Gasteiger partial charge < -0.3 is 4.90 Å². The summed E-state index contributed by atoms with van der Waals surface area (Å²) in [5, 5.41) is 5.34. The number of halogens is 3. The molecule has 0 saturated carbocycles. The molecule has 2 aromatic carbocycles. The van der Waals surface area contributed by atoms with Gasteiger partial charge in [0, 0.05) is 25.7 Å². The van der Waals surface area contributed by atoms with E-state index in [-0.39, 0.29) is 5.91 Å². The summed E-state index contributed by atoms with van der Waals surface area (Å²) in [5.74, 6) is -1.33. The zero-order chi connectivity index (χ0) is 20.8. The number of piperidine rings is 1. The van der Waals surface area contributed by atoms with Crippen LogP contribution in [-0.2, 0) is 13.2 Å². The summed E-state index contributed by atoms with van der Waals surface area (Å²) >= 11 is 0. The minimum absolute atomic E-state index is 0.121. The van der Waals surface area contributed by atoms with Crippen molar-refractivity contribution in [2.24, 2.45) is 7.05 Å². The zero-order valence-corrected chi connectivity index (χ0v) is 15.7. The molecule has 1 amide bonds. The van der Waals surface area contributed by atoms with Gasteiger partial charge in [-0.05, 0) is 29.7 Å². The fourth-order valence-electron chi connectivity index (χ4n) is 3.84. The Balaban J connectivity index is 1.53. The highest BCUT2D eigenvalue weighted by Gasteiger charge is 2.39. The van der Waals surface area contributed by atoms with Crippen LogP contribution in [-0.4, -0.2) is 38.2 Å². The number of likely N-dealkylation sites (tertiary alicyclic amines) is 1. The Labute approximate surface area is 164 Å². The molecule has 152 valence electrons. The minimum atomic E-state index is -4.69. The first kappa shape index (κ1) is 19.2. The Bertz CT molecular complexity index is 1120. The van der Waals surface area contributed by atoms with E-state index in [4.69, 9.17) is 0 Å². The van der Waals surface area contributed by atoms with Gasteiger partial charge >= 0.3 is 11.9 Å². The summed E-state index contributed by atoms with van der Waals surface area (Å²) in [6.07, 6.45) is -3.96. The Morgan fingerprint density at radius 2 is 1.72 bits per heavy atom. The molecule has 3 aromatic rings. The number of alkyl halides is 3. The molecular formula is C20H19F3N4O2. The number of amides is 1. The SMILES string of the molecule is Cn1c(C(F)(F)F)nn(C2CCN(C(=O)c3cccc4ccccc34)CC2)c1=O. The second-order valence-corrected chi connectivity index (χ2v) is 7.16. The van der Waals surface area contributed by atoms with E-state index in [2.05, 4.69) is 5.10 Å². The number of carbonyl (C=O) groups is 1. The van der Waals surface area contributed by atoms with E-state index in [1.54, 1.807) is 11.0 Å². The number of aromatic nitrogens is 3. The van der Waals surface area contributed by atoms with Gasteiger partial charge in [0.25, 0.3) is 5.91 Å². The van der Waals surface area contributed by atoms with E-state index in [9.17, 15) is 22.8 Å². The molecule has 9 heteroatoms. The van der Waals surface area contributed by atoms with Crippen molar-refractivity contribution in [3.8, 4) is 0 Å². The molecule has 1 aromatic heterocycles. The van der Waals surface area contributed by atoms with Gasteiger partial charge in [-0.1, -0.05) is 36.4 Å². The average Bonchev–Trinajstić information content (AvgIpc) is 3.02. The van der Waals surface area contributed by atoms with Crippen LogP contribution in [0.3, 0.4) is 0 Å². The van der Waals surface area contributed by atoms with E-state index < -0.39 is 23.7 Å². The zero-order valence-electron chi connectivity index (χ0n) is 15.7. The second-order valence-electron chi connectivity index (χ2n) is 7.16. The maximum Gasteiger partial charge on any atom is 0.451 e. The number of hydrogen-bond acceptors (Lipinski definition) is 3. The van der Waals surface area contributed by atoms with Crippen LogP contribution in [0.1, 0.15) is 35.1 Å². The number of fused-ring (bicyclic) bond motifs is 1. The van der Waals surface area contributed by atoms with Crippen LogP contribution in [0.2, 0.25) is 0 Å². The van der Waals surface area contributed by atoms with Crippen LogP contribution in [0.5, 0.6) is 0 Å². The molecule has 1 aliphatic rings. The summed E-state index contributed by atoms with van der Waals surface area (Å²) in [7, 11) is 1.06. The summed E-state index contributed by atoms with van der Waals surface area (Å²) in [4.78, 5) is 26.9. The Hall–Kier alpha value is -3.10. The van der Waals surface area contributed by atoms with Crippen LogP contribution in [0.15, 0.2) is 47.3 Å². The normalized spacial score (nSPS) is 15.8. The van der Waals surface area contributed by atoms with Gasteiger partial charge in [0.1, 0.15) is 0 Å². The summed E-state index contributed by atoms with van der Waals surface area (Å²) < 4.78 is 40.4. The predicted octanol–water partition coefficient (Wildman–Crippen LogP) is 3.23. The first-order valence-electron chi connectivity index (χ1n) is 9.27. The number of carbonyl (C=O) groups excluding carboxylic acids is 1. The lowest BCUT2D eigenvalue weighted by molar-refractivity contribution is -0.147. The number of nitrogens with zero attached hydrogens (tertiary/aromatic N) is 4. The van der Waals surface area contributed by atoms with Gasteiger partial charge in [0.2, 0.25) is 5.82 Å². The average molecular weight is 404 g/mol. The van der Waals surface area contributed by atoms with Crippen molar-refractivity contribution in [3.63, 3.8) is 0 Å². The molecule has 0 unspecified atom stereocenters. The molecule has 4 rings (SSSR count). The molecule has 0 aliphatic carbocycles. The minimum Gasteiger partial charge on any atom is -0.338 e. The monoisotopic (exact) mass is 404 g/mol. The van der Waals surface area contributed by atoms with Gasteiger partial charge in [-0.3, -0.25) is 9.36 Å². The fourth-order valence-corrected chi connectivity index (χ4v) is 3.84. The predicted molar refractivity (Wildman–Crippen MR) is 101 cm³/mol. The molecule has 1 fully saturated rings. The highest BCUT2D eigenvalue weighted by atomic mass is 19.4. The van der Waals surface area contributed by atoms with Crippen molar-refractivity contribution in [1.82, 2.24) is 19.2 Å². The van der Waals surface area contributed by atoms with E-state index in [0.29, 0.717) is 36.1 Å². The molecule has 29 heavy (non-hydrogen) atoms. The van der Waals surface area contributed by atoms with Crippen LogP contribution in [0.25, 0.3) is 10.8 Å². The lowest BCUT2D eigenvalue weighted by Crippen LogP contribution is -2.41. The first-order chi connectivity index (χ1) is 13.8. The standard InChI is InChI=1S/C20H19F3N4O2/c1-25-18(20(21,22)23)24-27(19(25)29)14-9-11-26(12-10-14)17(28)16-8-4-6-13-5-2-3-7-15(13)16/h2-8,14H,9-12H2,1H3. The lowest BCUT2D eigenvalue weighted by Gasteiger charge is -2.32. The fraction of sp³-hybridized carbons (Fsp3) is 0.350. The van der Waals surface area contributed by atoms with Crippen molar-refractivity contribution in [3.05, 3.63) is 64.3 Å². The summed E-state index contributed by atoms with van der Waals surface area (Å²) in [6, 6.07) is 12.7. The van der Waals surface area contributed by atoms with E-state index >= 15 is 0 Å². The maximum absolute atomic E-state index is 13.0. The molecular weight excluding hydrogens is 385 g/mol. The summed E-state index contributed by atoms with van der Waals surface area (Å²) in [5.41, 5.74) is -0.202. The summed E-state index contributed by atoms with van der Waals surface area (Å²) in [6.45, 7) is 0.689. The van der Waals surface area contributed by atoms with Gasteiger partial charge in [-0.25, -0.2) is 9.48 Å². The first-order valence-corrected chi connectivity index (χ1v) is 9.27. The molecule has 6 nitrogen and oxygen atoms in total. The number of rotatable bonds is 2. The highest BCUT2D eigenvalue weighted by molar-refractivity contribution is 6.07. The number of benzene rings is 2.